The molecule has 1 aliphatic rings. The van der Waals surface area contributed by atoms with E-state index in [9.17, 15) is 8.42 Å². The predicted octanol–water partition coefficient (Wildman–Crippen LogP) is 2.11. The van der Waals surface area contributed by atoms with Crippen LogP contribution in [0, 0.1) is 5.92 Å². The Kier molecular flexibility index (Phi) is 3.64. The van der Waals surface area contributed by atoms with Crippen molar-refractivity contribution in [2.45, 2.75) is 31.2 Å². The van der Waals surface area contributed by atoms with E-state index in [1.165, 1.54) is 0 Å². The first-order valence-corrected chi connectivity index (χ1v) is 7.55. The maximum absolute atomic E-state index is 12.3. The molecule has 1 aliphatic heterocycles. The van der Waals surface area contributed by atoms with Crippen LogP contribution in [0.15, 0.2) is 29.2 Å². The van der Waals surface area contributed by atoms with E-state index in [1.807, 2.05) is 0 Å². The molecule has 2 rings (SSSR count). The second kappa shape index (κ2) is 4.90. The van der Waals surface area contributed by atoms with Crippen LogP contribution in [-0.4, -0.2) is 32.4 Å². The Balaban J connectivity index is 2.12. The summed E-state index contributed by atoms with van der Waals surface area (Å²) >= 11 is 0. The van der Waals surface area contributed by atoms with Crippen molar-refractivity contribution >= 4 is 10.0 Å². The maximum Gasteiger partial charge on any atom is 0.243 e. The predicted molar refractivity (Wildman–Crippen MR) is 70.1 cm³/mol. The van der Waals surface area contributed by atoms with Crippen LogP contribution in [0.5, 0.6) is 5.75 Å². The van der Waals surface area contributed by atoms with Crippen LogP contribution in [0.4, 0.5) is 0 Å². The van der Waals surface area contributed by atoms with E-state index in [2.05, 4.69) is 13.8 Å². The first kappa shape index (κ1) is 13.4. The minimum Gasteiger partial charge on any atom is -0.497 e. The fourth-order valence-electron chi connectivity index (χ4n) is 2.07. The third kappa shape index (κ3) is 2.67. The van der Waals surface area contributed by atoms with Gasteiger partial charge in [-0.3, -0.25) is 0 Å². The first-order valence-electron chi connectivity index (χ1n) is 6.11. The molecule has 0 amide bonds. The van der Waals surface area contributed by atoms with Gasteiger partial charge in [0.1, 0.15) is 5.75 Å². The molecule has 1 fully saturated rings. The van der Waals surface area contributed by atoms with Gasteiger partial charge in [0.2, 0.25) is 10.0 Å². The third-order valence-corrected chi connectivity index (χ3v) is 5.01. The molecule has 0 bridgehead atoms. The van der Waals surface area contributed by atoms with Gasteiger partial charge in [0, 0.05) is 12.6 Å². The number of rotatable bonds is 5. The minimum absolute atomic E-state index is 0.178. The summed E-state index contributed by atoms with van der Waals surface area (Å²) in [6.07, 6.45) is 0.926. The summed E-state index contributed by atoms with van der Waals surface area (Å²) < 4.78 is 31.1. The van der Waals surface area contributed by atoms with Crippen molar-refractivity contribution < 1.29 is 13.2 Å². The normalized spacial score (nSPS) is 23.1. The quantitative estimate of drug-likeness (QED) is 0.769. The Bertz CT molecular complexity index is 508. The van der Waals surface area contributed by atoms with E-state index in [-0.39, 0.29) is 6.04 Å². The lowest BCUT2D eigenvalue weighted by Crippen LogP contribution is -2.15. The number of nitrogens with zero attached hydrogens (tertiary/aromatic N) is 1. The van der Waals surface area contributed by atoms with Crippen molar-refractivity contribution in [2.75, 3.05) is 13.7 Å². The zero-order valence-electron chi connectivity index (χ0n) is 11.0. The summed E-state index contributed by atoms with van der Waals surface area (Å²) in [5, 5.41) is 0. The minimum atomic E-state index is -3.31. The molecule has 0 radical (unpaired) electrons. The molecule has 1 unspecified atom stereocenters. The summed E-state index contributed by atoms with van der Waals surface area (Å²) in [4.78, 5) is 0.342. The number of methoxy groups -OCH3 is 1. The Morgan fingerprint density at radius 3 is 2.44 bits per heavy atom. The van der Waals surface area contributed by atoms with Gasteiger partial charge in [0.05, 0.1) is 12.0 Å². The highest BCUT2D eigenvalue weighted by molar-refractivity contribution is 7.89. The third-order valence-electron chi connectivity index (χ3n) is 3.07. The van der Waals surface area contributed by atoms with Crippen LogP contribution in [-0.2, 0) is 10.0 Å². The van der Waals surface area contributed by atoms with E-state index in [1.54, 1.807) is 35.7 Å². The van der Waals surface area contributed by atoms with Gasteiger partial charge in [-0.15, -0.1) is 0 Å². The molecule has 2 atom stereocenters. The SMILES string of the molecule is COc1ccc(S(=O)(=O)N2C[C@@H]2CC(C)C)cc1. The van der Waals surface area contributed by atoms with E-state index < -0.39 is 10.0 Å². The second-order valence-electron chi connectivity index (χ2n) is 5.03. The zero-order chi connectivity index (χ0) is 13.3. The monoisotopic (exact) mass is 269 g/mol. The standard InChI is InChI=1S/C13H19NO3S/c1-10(2)8-11-9-14(11)18(15,16)13-6-4-12(17-3)5-7-13/h4-7,10-11H,8-9H2,1-3H3/t11-,14?/m0/s1. The lowest BCUT2D eigenvalue weighted by atomic mass is 10.1. The molecule has 18 heavy (non-hydrogen) atoms. The fraction of sp³-hybridized carbons (Fsp3) is 0.538. The summed E-state index contributed by atoms with van der Waals surface area (Å²) in [7, 11) is -1.75. The molecular weight excluding hydrogens is 250 g/mol. The Morgan fingerprint density at radius 2 is 1.94 bits per heavy atom. The van der Waals surface area contributed by atoms with Gasteiger partial charge >= 0.3 is 0 Å². The van der Waals surface area contributed by atoms with Crippen LogP contribution in [0.3, 0.4) is 0 Å². The van der Waals surface area contributed by atoms with E-state index in [0.717, 1.165) is 6.42 Å². The topological polar surface area (TPSA) is 46.4 Å². The maximum atomic E-state index is 12.3. The Labute approximate surface area is 109 Å². The molecule has 0 saturated carbocycles. The average Bonchev–Trinajstić information content (AvgIpc) is 3.08. The van der Waals surface area contributed by atoms with Crippen LogP contribution in [0.1, 0.15) is 20.3 Å². The molecular formula is C13H19NO3S. The number of sulfonamides is 1. The Morgan fingerprint density at radius 1 is 1.33 bits per heavy atom. The zero-order valence-corrected chi connectivity index (χ0v) is 11.8. The second-order valence-corrected chi connectivity index (χ2v) is 6.92. The highest BCUT2D eigenvalue weighted by Gasteiger charge is 2.44. The number of hydrogen-bond acceptors (Lipinski definition) is 3. The smallest absolute Gasteiger partial charge is 0.243 e. The van der Waals surface area contributed by atoms with Crippen molar-refractivity contribution in [2.24, 2.45) is 5.92 Å². The molecule has 1 saturated heterocycles. The molecule has 0 spiro atoms. The van der Waals surface area contributed by atoms with E-state index in [4.69, 9.17) is 4.74 Å². The van der Waals surface area contributed by atoms with Crippen LogP contribution >= 0.6 is 0 Å². The summed E-state index contributed by atoms with van der Waals surface area (Å²) in [5.74, 6) is 1.18. The largest absolute Gasteiger partial charge is 0.497 e. The molecule has 1 aromatic rings. The van der Waals surface area contributed by atoms with Gasteiger partial charge in [-0.05, 0) is 36.6 Å². The van der Waals surface area contributed by atoms with Gasteiger partial charge in [-0.25, -0.2) is 8.42 Å². The van der Waals surface area contributed by atoms with Crippen molar-refractivity contribution in [3.05, 3.63) is 24.3 Å². The van der Waals surface area contributed by atoms with E-state index in [0.29, 0.717) is 23.1 Å². The van der Waals surface area contributed by atoms with Gasteiger partial charge < -0.3 is 4.74 Å². The van der Waals surface area contributed by atoms with Crippen LogP contribution < -0.4 is 4.74 Å². The molecule has 0 N–H and O–H groups in total. The van der Waals surface area contributed by atoms with Crippen LogP contribution in [0.2, 0.25) is 0 Å². The number of hydrogen-bond donors (Lipinski definition) is 0. The molecule has 100 valence electrons. The van der Waals surface area contributed by atoms with Crippen molar-refractivity contribution in [1.82, 2.24) is 4.31 Å². The van der Waals surface area contributed by atoms with Gasteiger partial charge in [0.15, 0.2) is 0 Å². The summed E-state index contributed by atoms with van der Waals surface area (Å²) in [6.45, 7) is 4.86. The highest BCUT2D eigenvalue weighted by Crippen LogP contribution is 2.32. The lowest BCUT2D eigenvalue weighted by Gasteiger charge is -2.08. The van der Waals surface area contributed by atoms with Crippen molar-refractivity contribution in [1.29, 1.82) is 0 Å². The molecule has 1 heterocycles. The van der Waals surface area contributed by atoms with Gasteiger partial charge in [-0.2, -0.15) is 4.31 Å². The number of ether oxygens (including phenoxy) is 1. The average molecular weight is 269 g/mol. The van der Waals surface area contributed by atoms with Gasteiger partial charge in [-0.1, -0.05) is 13.8 Å². The summed E-state index contributed by atoms with van der Waals surface area (Å²) in [6, 6.07) is 6.72. The van der Waals surface area contributed by atoms with E-state index >= 15 is 0 Å². The first-order chi connectivity index (χ1) is 8.45. The lowest BCUT2D eigenvalue weighted by molar-refractivity contribution is 0.414. The fourth-order valence-corrected chi connectivity index (χ4v) is 3.67. The van der Waals surface area contributed by atoms with Gasteiger partial charge in [0.25, 0.3) is 0 Å². The van der Waals surface area contributed by atoms with Crippen molar-refractivity contribution in [3.63, 3.8) is 0 Å². The Hall–Kier alpha value is -1.07. The molecule has 5 heteroatoms. The molecule has 0 aliphatic carbocycles. The highest BCUT2D eigenvalue weighted by atomic mass is 32.2. The molecule has 0 aromatic heterocycles. The molecule has 1 aromatic carbocycles. The number of benzene rings is 1. The van der Waals surface area contributed by atoms with Crippen LogP contribution in [0.25, 0.3) is 0 Å². The molecule has 4 nitrogen and oxygen atoms in total. The summed E-state index contributed by atoms with van der Waals surface area (Å²) in [5.41, 5.74) is 0. The van der Waals surface area contributed by atoms with Crippen molar-refractivity contribution in [3.8, 4) is 5.75 Å².